The molecule has 4 nitrogen and oxygen atoms in total. The Labute approximate surface area is 95.8 Å². The van der Waals surface area contributed by atoms with Crippen molar-refractivity contribution in [3.05, 3.63) is 24.0 Å². The van der Waals surface area contributed by atoms with Gasteiger partial charge in [0.2, 0.25) is 5.91 Å². The predicted molar refractivity (Wildman–Crippen MR) is 62.9 cm³/mol. The van der Waals surface area contributed by atoms with Gasteiger partial charge in [0.05, 0.1) is 0 Å². The summed E-state index contributed by atoms with van der Waals surface area (Å²) in [5.74, 6) is 0.227. The molecule has 2 rings (SSSR count). The van der Waals surface area contributed by atoms with Crippen molar-refractivity contribution < 1.29 is 4.79 Å². The van der Waals surface area contributed by atoms with Crippen LogP contribution >= 0.6 is 0 Å². The van der Waals surface area contributed by atoms with Crippen LogP contribution in [0.1, 0.15) is 25.0 Å². The smallest absolute Gasteiger partial charge is 0.223 e. The fraction of sp³-hybridized carbons (Fsp3) is 0.583. The van der Waals surface area contributed by atoms with E-state index in [1.807, 2.05) is 23.2 Å². The van der Waals surface area contributed by atoms with Gasteiger partial charge >= 0.3 is 0 Å². The SMILES string of the molecule is NC1CCCN(C(=O)CCc2ccc[nH]2)C1. The second-order valence-electron chi connectivity index (χ2n) is 4.44. The summed E-state index contributed by atoms with van der Waals surface area (Å²) in [6.45, 7) is 1.60. The number of likely N-dealkylation sites (tertiary alicyclic amines) is 1. The molecule has 0 saturated carbocycles. The Hall–Kier alpha value is -1.29. The molecule has 0 aromatic carbocycles. The number of aromatic amines is 1. The van der Waals surface area contributed by atoms with Crippen molar-refractivity contribution in [1.82, 2.24) is 9.88 Å². The minimum Gasteiger partial charge on any atom is -0.365 e. The van der Waals surface area contributed by atoms with Gasteiger partial charge in [0.1, 0.15) is 0 Å². The van der Waals surface area contributed by atoms with Gasteiger partial charge in [-0.25, -0.2) is 0 Å². The Balaban J connectivity index is 1.79. The fourth-order valence-corrected chi connectivity index (χ4v) is 2.16. The van der Waals surface area contributed by atoms with E-state index in [1.54, 1.807) is 0 Å². The van der Waals surface area contributed by atoms with E-state index in [1.165, 1.54) is 0 Å². The monoisotopic (exact) mass is 221 g/mol. The van der Waals surface area contributed by atoms with Gasteiger partial charge in [-0.15, -0.1) is 0 Å². The highest BCUT2D eigenvalue weighted by molar-refractivity contribution is 5.76. The van der Waals surface area contributed by atoms with Crippen LogP contribution in [0.25, 0.3) is 0 Å². The third kappa shape index (κ3) is 2.85. The number of carbonyl (C=O) groups excluding carboxylic acids is 1. The van der Waals surface area contributed by atoms with Crippen LogP contribution in [0.3, 0.4) is 0 Å². The van der Waals surface area contributed by atoms with Crippen molar-refractivity contribution in [3.63, 3.8) is 0 Å². The number of hydrogen-bond acceptors (Lipinski definition) is 2. The normalized spacial score (nSPS) is 21.1. The molecule has 1 unspecified atom stereocenters. The molecule has 2 heterocycles. The third-order valence-electron chi connectivity index (χ3n) is 3.08. The molecular formula is C12H19N3O. The molecule has 0 bridgehead atoms. The maximum absolute atomic E-state index is 11.9. The molecule has 1 aromatic rings. The molecule has 1 fully saturated rings. The molecule has 1 aliphatic heterocycles. The average Bonchev–Trinajstić information content (AvgIpc) is 2.78. The van der Waals surface area contributed by atoms with Crippen molar-refractivity contribution in [2.45, 2.75) is 31.7 Å². The molecule has 1 amide bonds. The number of amides is 1. The van der Waals surface area contributed by atoms with Crippen molar-refractivity contribution >= 4 is 5.91 Å². The molecule has 1 saturated heterocycles. The Morgan fingerprint density at radius 3 is 3.19 bits per heavy atom. The highest BCUT2D eigenvalue weighted by Gasteiger charge is 2.20. The van der Waals surface area contributed by atoms with Crippen LogP contribution in [0.4, 0.5) is 0 Å². The maximum Gasteiger partial charge on any atom is 0.223 e. The first kappa shape index (κ1) is 11.2. The lowest BCUT2D eigenvalue weighted by molar-refractivity contribution is -0.132. The van der Waals surface area contributed by atoms with E-state index in [9.17, 15) is 4.79 Å². The summed E-state index contributed by atoms with van der Waals surface area (Å²) in [6.07, 6.45) is 5.33. The predicted octanol–water partition coefficient (Wildman–Crippen LogP) is 0.897. The first-order valence-electron chi connectivity index (χ1n) is 5.91. The van der Waals surface area contributed by atoms with Gasteiger partial charge in [0, 0.05) is 37.4 Å². The van der Waals surface area contributed by atoms with Gasteiger partial charge in [-0.2, -0.15) is 0 Å². The van der Waals surface area contributed by atoms with Crippen LogP contribution in [0.2, 0.25) is 0 Å². The quantitative estimate of drug-likeness (QED) is 0.796. The molecule has 88 valence electrons. The van der Waals surface area contributed by atoms with Gasteiger partial charge in [-0.05, 0) is 31.4 Å². The van der Waals surface area contributed by atoms with Crippen LogP contribution in [-0.4, -0.2) is 34.9 Å². The summed E-state index contributed by atoms with van der Waals surface area (Å²) in [5, 5.41) is 0. The highest BCUT2D eigenvalue weighted by Crippen LogP contribution is 2.10. The summed E-state index contributed by atoms with van der Waals surface area (Å²) in [6, 6.07) is 4.13. The van der Waals surface area contributed by atoms with Crippen molar-refractivity contribution in [1.29, 1.82) is 0 Å². The minimum absolute atomic E-state index is 0.170. The second-order valence-corrected chi connectivity index (χ2v) is 4.44. The molecule has 0 radical (unpaired) electrons. The standard InChI is InChI=1S/C12H19N3O/c13-10-3-2-8-15(9-10)12(16)6-5-11-4-1-7-14-11/h1,4,7,10,14H,2-3,5-6,8-9,13H2. The minimum atomic E-state index is 0.170. The molecule has 16 heavy (non-hydrogen) atoms. The van der Waals surface area contributed by atoms with E-state index in [-0.39, 0.29) is 11.9 Å². The van der Waals surface area contributed by atoms with Crippen LogP contribution in [0.15, 0.2) is 18.3 Å². The highest BCUT2D eigenvalue weighted by atomic mass is 16.2. The summed E-state index contributed by atoms with van der Waals surface area (Å²) in [4.78, 5) is 16.9. The molecule has 3 N–H and O–H groups in total. The zero-order valence-electron chi connectivity index (χ0n) is 9.48. The van der Waals surface area contributed by atoms with Gasteiger partial charge in [0.25, 0.3) is 0 Å². The Morgan fingerprint density at radius 2 is 2.50 bits per heavy atom. The number of rotatable bonds is 3. The zero-order valence-corrected chi connectivity index (χ0v) is 9.48. The van der Waals surface area contributed by atoms with Crippen molar-refractivity contribution in [3.8, 4) is 0 Å². The maximum atomic E-state index is 11.9. The van der Waals surface area contributed by atoms with Gasteiger partial charge in [-0.3, -0.25) is 4.79 Å². The van der Waals surface area contributed by atoms with Crippen molar-refractivity contribution in [2.24, 2.45) is 5.73 Å². The summed E-state index contributed by atoms with van der Waals surface area (Å²) in [5.41, 5.74) is 6.97. The molecule has 0 aliphatic carbocycles. The lowest BCUT2D eigenvalue weighted by Crippen LogP contribution is -2.45. The van der Waals surface area contributed by atoms with Gasteiger partial charge in [-0.1, -0.05) is 0 Å². The Kier molecular flexibility index (Phi) is 3.62. The number of H-pyrrole nitrogens is 1. The van der Waals surface area contributed by atoms with Crippen molar-refractivity contribution in [2.75, 3.05) is 13.1 Å². The van der Waals surface area contributed by atoms with Gasteiger partial charge < -0.3 is 15.6 Å². The molecule has 1 aliphatic rings. The Morgan fingerprint density at radius 1 is 1.62 bits per heavy atom. The first-order valence-corrected chi connectivity index (χ1v) is 5.91. The largest absolute Gasteiger partial charge is 0.365 e. The Bertz CT molecular complexity index is 334. The topological polar surface area (TPSA) is 62.1 Å². The third-order valence-corrected chi connectivity index (χ3v) is 3.08. The fourth-order valence-electron chi connectivity index (χ4n) is 2.16. The number of nitrogens with zero attached hydrogens (tertiary/aromatic N) is 1. The zero-order chi connectivity index (χ0) is 11.4. The van der Waals surface area contributed by atoms with E-state index in [2.05, 4.69) is 4.98 Å². The number of hydrogen-bond donors (Lipinski definition) is 2. The van der Waals surface area contributed by atoms with Crippen LogP contribution < -0.4 is 5.73 Å². The molecule has 0 spiro atoms. The molecule has 1 atom stereocenters. The number of aryl methyl sites for hydroxylation is 1. The van der Waals surface area contributed by atoms with E-state index < -0.39 is 0 Å². The average molecular weight is 221 g/mol. The van der Waals surface area contributed by atoms with Crippen LogP contribution in [-0.2, 0) is 11.2 Å². The first-order chi connectivity index (χ1) is 7.75. The number of piperidine rings is 1. The number of carbonyl (C=O) groups is 1. The molecule has 4 heteroatoms. The van der Waals surface area contributed by atoms with Crippen LogP contribution in [0, 0.1) is 0 Å². The summed E-state index contributed by atoms with van der Waals surface area (Å²) < 4.78 is 0. The molecule has 1 aromatic heterocycles. The molecular weight excluding hydrogens is 202 g/mol. The number of nitrogens with one attached hydrogen (secondary N) is 1. The van der Waals surface area contributed by atoms with Gasteiger partial charge in [0.15, 0.2) is 0 Å². The number of nitrogens with two attached hydrogens (primary N) is 1. The van der Waals surface area contributed by atoms with E-state index in [4.69, 9.17) is 5.73 Å². The number of aromatic nitrogens is 1. The van der Waals surface area contributed by atoms with E-state index in [0.29, 0.717) is 6.42 Å². The van der Waals surface area contributed by atoms with E-state index >= 15 is 0 Å². The summed E-state index contributed by atoms with van der Waals surface area (Å²) >= 11 is 0. The second kappa shape index (κ2) is 5.16. The lowest BCUT2D eigenvalue weighted by Gasteiger charge is -2.30. The summed E-state index contributed by atoms with van der Waals surface area (Å²) in [7, 11) is 0. The van der Waals surface area contributed by atoms with E-state index in [0.717, 1.165) is 38.0 Å². The van der Waals surface area contributed by atoms with Crippen LogP contribution in [0.5, 0.6) is 0 Å². The lowest BCUT2D eigenvalue weighted by atomic mass is 10.1.